The molecule has 1 fully saturated rings. The monoisotopic (exact) mass is 358 g/mol. The maximum atomic E-state index is 12.9. The number of halogens is 1. The number of ether oxygens (including phenoxy) is 2. The summed E-state index contributed by atoms with van der Waals surface area (Å²) in [6, 6.07) is 11.1. The van der Waals surface area contributed by atoms with Crippen LogP contribution in [0.25, 0.3) is 6.08 Å². The molecule has 0 saturated carbocycles. The van der Waals surface area contributed by atoms with Crippen LogP contribution in [0.5, 0.6) is 11.5 Å². The lowest BCUT2D eigenvalue weighted by molar-refractivity contribution is -0.115. The Bertz CT molecular complexity index is 863. The Hall–Kier alpha value is -2.80. The third kappa shape index (κ3) is 4.00. The van der Waals surface area contributed by atoms with Gasteiger partial charge in [0.05, 0.1) is 24.8 Å². The van der Waals surface area contributed by atoms with E-state index in [1.807, 2.05) is 0 Å². The van der Waals surface area contributed by atoms with Crippen LogP contribution < -0.4 is 14.8 Å². The number of hydrogen-bond donors (Lipinski definition) is 1. The standard InChI is InChI=1S/C18H15FN2O3S/c1-23-14-7-8-15(24-2)11(9-14)10-16-17(22)21-18(25-16)20-13-5-3-12(19)4-6-13/h3-10H,1-2H3,(H,20,21,22)/b16-10-. The molecule has 0 spiro atoms. The highest BCUT2D eigenvalue weighted by Gasteiger charge is 2.24. The highest BCUT2D eigenvalue weighted by Crippen LogP contribution is 2.32. The number of amides is 1. The van der Waals surface area contributed by atoms with Gasteiger partial charge in [-0.2, -0.15) is 0 Å². The SMILES string of the molecule is COc1ccc(OC)c(/C=C2\SC(=Nc3ccc(F)cc3)NC2=O)c1. The van der Waals surface area contributed by atoms with Crippen LogP contribution in [-0.2, 0) is 4.79 Å². The Labute approximate surface area is 148 Å². The zero-order valence-electron chi connectivity index (χ0n) is 13.6. The maximum absolute atomic E-state index is 12.9. The van der Waals surface area contributed by atoms with Crippen LogP contribution in [-0.4, -0.2) is 25.3 Å². The van der Waals surface area contributed by atoms with Gasteiger partial charge in [-0.25, -0.2) is 9.38 Å². The number of hydrogen-bond acceptors (Lipinski definition) is 5. The lowest BCUT2D eigenvalue weighted by Crippen LogP contribution is -2.19. The third-order valence-corrected chi connectivity index (χ3v) is 4.34. The first-order valence-corrected chi connectivity index (χ1v) is 8.18. The average Bonchev–Trinajstić information content (AvgIpc) is 2.96. The molecule has 1 N–H and O–H groups in total. The van der Waals surface area contributed by atoms with Gasteiger partial charge in [-0.1, -0.05) is 0 Å². The second-order valence-corrected chi connectivity index (χ2v) is 6.10. The van der Waals surface area contributed by atoms with Crippen LogP contribution in [0.4, 0.5) is 10.1 Å². The van der Waals surface area contributed by atoms with E-state index in [1.165, 1.54) is 23.9 Å². The molecule has 1 aliphatic rings. The predicted octanol–water partition coefficient (Wildman–Crippen LogP) is 3.73. The first-order valence-electron chi connectivity index (χ1n) is 7.36. The molecular formula is C18H15FN2O3S. The summed E-state index contributed by atoms with van der Waals surface area (Å²) in [6.07, 6.45) is 1.72. The van der Waals surface area contributed by atoms with Gasteiger partial charge in [0.1, 0.15) is 17.3 Å². The molecule has 25 heavy (non-hydrogen) atoms. The minimum atomic E-state index is -0.335. The van der Waals surface area contributed by atoms with Gasteiger partial charge in [0.15, 0.2) is 5.17 Å². The number of carbonyl (C=O) groups is 1. The third-order valence-electron chi connectivity index (χ3n) is 3.43. The highest BCUT2D eigenvalue weighted by atomic mass is 32.2. The fraction of sp³-hybridized carbons (Fsp3) is 0.111. The molecule has 0 aliphatic carbocycles. The van der Waals surface area contributed by atoms with E-state index in [0.29, 0.717) is 27.3 Å². The first kappa shape index (κ1) is 17.0. The van der Waals surface area contributed by atoms with E-state index in [0.717, 1.165) is 5.56 Å². The fourth-order valence-electron chi connectivity index (χ4n) is 2.21. The molecule has 128 valence electrons. The molecular weight excluding hydrogens is 343 g/mol. The van der Waals surface area contributed by atoms with Gasteiger partial charge in [-0.05, 0) is 60.3 Å². The Kier molecular flexibility index (Phi) is 5.04. The van der Waals surface area contributed by atoms with E-state index in [2.05, 4.69) is 10.3 Å². The smallest absolute Gasteiger partial charge is 0.264 e. The lowest BCUT2D eigenvalue weighted by Gasteiger charge is -2.07. The molecule has 0 aromatic heterocycles. The Balaban J connectivity index is 1.87. The van der Waals surface area contributed by atoms with Gasteiger partial charge in [0, 0.05) is 5.56 Å². The summed E-state index contributed by atoms with van der Waals surface area (Å²) >= 11 is 1.21. The lowest BCUT2D eigenvalue weighted by atomic mass is 10.1. The number of aliphatic imine (C=N–C) groups is 1. The first-order chi connectivity index (χ1) is 12.1. The van der Waals surface area contributed by atoms with Crippen molar-refractivity contribution >= 4 is 34.6 Å². The van der Waals surface area contributed by atoms with Crippen molar-refractivity contribution in [2.75, 3.05) is 14.2 Å². The van der Waals surface area contributed by atoms with Gasteiger partial charge in [0.2, 0.25) is 0 Å². The quantitative estimate of drug-likeness (QED) is 0.846. The molecule has 1 amide bonds. The van der Waals surface area contributed by atoms with E-state index < -0.39 is 0 Å². The summed E-state index contributed by atoms with van der Waals surface area (Å²) in [7, 11) is 3.14. The number of nitrogens with zero attached hydrogens (tertiary/aromatic N) is 1. The minimum absolute atomic E-state index is 0.254. The van der Waals surface area contributed by atoms with Crippen molar-refractivity contribution in [3.05, 3.63) is 58.8 Å². The van der Waals surface area contributed by atoms with Crippen molar-refractivity contribution in [1.82, 2.24) is 5.32 Å². The topological polar surface area (TPSA) is 59.9 Å². The second kappa shape index (κ2) is 7.40. The summed E-state index contributed by atoms with van der Waals surface area (Å²) in [5.74, 6) is 0.704. The molecule has 1 heterocycles. The Morgan fingerprint density at radius 3 is 2.56 bits per heavy atom. The number of amidine groups is 1. The zero-order chi connectivity index (χ0) is 17.8. The summed E-state index contributed by atoms with van der Waals surface area (Å²) in [5, 5.41) is 3.13. The molecule has 2 aromatic rings. The summed E-state index contributed by atoms with van der Waals surface area (Å²) in [4.78, 5) is 17.0. The number of methoxy groups -OCH3 is 2. The van der Waals surface area contributed by atoms with Crippen molar-refractivity contribution in [2.24, 2.45) is 4.99 Å². The van der Waals surface area contributed by atoms with E-state index in [4.69, 9.17) is 9.47 Å². The molecule has 3 rings (SSSR count). The predicted molar refractivity (Wildman–Crippen MR) is 96.8 cm³/mol. The summed E-state index contributed by atoms with van der Waals surface area (Å²) < 4.78 is 23.5. The van der Waals surface area contributed by atoms with Gasteiger partial charge in [0.25, 0.3) is 5.91 Å². The van der Waals surface area contributed by atoms with Crippen molar-refractivity contribution in [2.45, 2.75) is 0 Å². The number of benzene rings is 2. The molecule has 7 heteroatoms. The van der Waals surface area contributed by atoms with E-state index in [9.17, 15) is 9.18 Å². The summed E-state index contributed by atoms with van der Waals surface area (Å²) in [5.41, 5.74) is 1.28. The van der Waals surface area contributed by atoms with Crippen molar-refractivity contribution in [1.29, 1.82) is 0 Å². The number of nitrogens with one attached hydrogen (secondary N) is 1. The van der Waals surface area contributed by atoms with Crippen LogP contribution in [0.2, 0.25) is 0 Å². The molecule has 5 nitrogen and oxygen atoms in total. The summed E-state index contributed by atoms with van der Waals surface area (Å²) in [6.45, 7) is 0. The van der Waals surface area contributed by atoms with Crippen LogP contribution in [0.15, 0.2) is 52.4 Å². The fourth-order valence-corrected chi connectivity index (χ4v) is 3.04. The Morgan fingerprint density at radius 2 is 1.88 bits per heavy atom. The van der Waals surface area contributed by atoms with E-state index in [-0.39, 0.29) is 11.7 Å². The second-order valence-electron chi connectivity index (χ2n) is 5.07. The minimum Gasteiger partial charge on any atom is -0.497 e. The number of thioether (sulfide) groups is 1. The maximum Gasteiger partial charge on any atom is 0.264 e. The van der Waals surface area contributed by atoms with Crippen LogP contribution in [0.1, 0.15) is 5.56 Å². The van der Waals surface area contributed by atoms with Crippen LogP contribution in [0.3, 0.4) is 0 Å². The Morgan fingerprint density at radius 1 is 1.12 bits per heavy atom. The molecule has 0 bridgehead atoms. The van der Waals surface area contributed by atoms with E-state index in [1.54, 1.807) is 50.6 Å². The molecule has 0 atom stereocenters. The largest absolute Gasteiger partial charge is 0.497 e. The van der Waals surface area contributed by atoms with Crippen molar-refractivity contribution in [3.8, 4) is 11.5 Å². The number of rotatable bonds is 4. The average molecular weight is 358 g/mol. The van der Waals surface area contributed by atoms with Gasteiger partial charge >= 0.3 is 0 Å². The van der Waals surface area contributed by atoms with Gasteiger partial charge < -0.3 is 14.8 Å². The molecule has 1 aliphatic heterocycles. The molecule has 1 saturated heterocycles. The van der Waals surface area contributed by atoms with Crippen molar-refractivity contribution < 1.29 is 18.7 Å². The molecule has 0 radical (unpaired) electrons. The molecule has 2 aromatic carbocycles. The highest BCUT2D eigenvalue weighted by molar-refractivity contribution is 8.18. The van der Waals surface area contributed by atoms with Crippen molar-refractivity contribution in [3.63, 3.8) is 0 Å². The van der Waals surface area contributed by atoms with Crippen LogP contribution >= 0.6 is 11.8 Å². The number of carbonyl (C=O) groups excluding carboxylic acids is 1. The van der Waals surface area contributed by atoms with Crippen LogP contribution in [0, 0.1) is 5.82 Å². The normalized spacial score (nSPS) is 17.0. The van der Waals surface area contributed by atoms with Gasteiger partial charge in [-0.15, -0.1) is 0 Å². The van der Waals surface area contributed by atoms with E-state index >= 15 is 0 Å². The van der Waals surface area contributed by atoms with Gasteiger partial charge in [-0.3, -0.25) is 4.79 Å². The zero-order valence-corrected chi connectivity index (χ0v) is 14.4. The molecule has 0 unspecified atom stereocenters.